The van der Waals surface area contributed by atoms with Crippen LogP contribution in [0.25, 0.3) is 5.57 Å². The molecular formula is C22H26N8O+2. The molecule has 0 aliphatic carbocycles. The fraction of sp³-hybridized carbons (Fsp3) is 0.227. The van der Waals surface area contributed by atoms with Crippen LogP contribution in [-0.4, -0.2) is 40.5 Å². The first kappa shape index (κ1) is 20.4. The number of nitrogens with two attached hydrogens (primary N) is 3. The van der Waals surface area contributed by atoms with E-state index in [0.29, 0.717) is 35.1 Å². The van der Waals surface area contributed by atoms with Gasteiger partial charge < -0.3 is 25.8 Å². The van der Waals surface area contributed by atoms with Crippen molar-refractivity contribution >= 4 is 29.0 Å². The molecule has 0 bridgehead atoms. The standard InChI is InChI=1S/C22H24N8O/c1-13-29-19-11-30(6-5-20(19)31-13)21-8-18(27-12-28-21)22(25)16-7-14(3-4-17(16)24)15(9-23)10-26-2/h3-4,7-10,12,23,25-26H,5-6,11,24H2,1-2H3/p+2/b15-10+,23-9?,25-22?. The molecule has 4 rings (SSSR count). The zero-order valence-electron chi connectivity index (χ0n) is 17.6. The number of aryl methyl sites for hydroxylation is 1. The van der Waals surface area contributed by atoms with Crippen molar-refractivity contribution in [1.82, 2.24) is 15.0 Å². The number of nitrogen functional groups attached to an aromatic ring is 1. The molecule has 9 heteroatoms. The largest absolute Gasteiger partial charge is 0.446 e. The smallest absolute Gasteiger partial charge is 0.232 e. The molecule has 0 atom stereocenters. The number of quaternary nitrogens is 1. The molecule has 2 aromatic heterocycles. The van der Waals surface area contributed by atoms with E-state index in [9.17, 15) is 0 Å². The van der Waals surface area contributed by atoms with Gasteiger partial charge in [-0.25, -0.2) is 15.0 Å². The van der Waals surface area contributed by atoms with E-state index in [1.54, 1.807) is 6.07 Å². The Morgan fingerprint density at radius 3 is 2.94 bits per heavy atom. The second kappa shape index (κ2) is 8.49. The van der Waals surface area contributed by atoms with Gasteiger partial charge in [0, 0.05) is 37.9 Å². The number of rotatable bonds is 6. The van der Waals surface area contributed by atoms with Crippen LogP contribution >= 0.6 is 0 Å². The minimum atomic E-state index is 0.461. The van der Waals surface area contributed by atoms with Gasteiger partial charge >= 0.3 is 0 Å². The molecule has 1 aliphatic rings. The van der Waals surface area contributed by atoms with Gasteiger partial charge in [0.15, 0.2) is 5.89 Å². The second-order valence-electron chi connectivity index (χ2n) is 7.35. The van der Waals surface area contributed by atoms with Gasteiger partial charge in [0.25, 0.3) is 0 Å². The molecule has 3 aromatic rings. The minimum Gasteiger partial charge on any atom is -0.446 e. The second-order valence-corrected chi connectivity index (χ2v) is 7.35. The summed E-state index contributed by atoms with van der Waals surface area (Å²) in [5.41, 5.74) is 11.1. The van der Waals surface area contributed by atoms with Crippen LogP contribution in [0.1, 0.15) is 34.2 Å². The van der Waals surface area contributed by atoms with Crippen LogP contribution in [0.2, 0.25) is 0 Å². The number of anilines is 2. The van der Waals surface area contributed by atoms with Crippen LogP contribution in [0.15, 0.2) is 41.2 Å². The highest BCUT2D eigenvalue weighted by molar-refractivity contribution is 6.13. The van der Waals surface area contributed by atoms with Crippen LogP contribution in [0, 0.1) is 12.3 Å². The molecule has 0 saturated carbocycles. The van der Waals surface area contributed by atoms with Gasteiger partial charge in [-0.1, -0.05) is 6.07 Å². The number of allylic oxidation sites excluding steroid dienone is 1. The summed E-state index contributed by atoms with van der Waals surface area (Å²) in [5, 5.41) is 16.1. The molecule has 1 aliphatic heterocycles. The van der Waals surface area contributed by atoms with Crippen molar-refractivity contribution in [1.29, 1.82) is 5.41 Å². The predicted octanol–water partition coefficient (Wildman–Crippen LogP) is -0.302. The van der Waals surface area contributed by atoms with Crippen LogP contribution in [0.3, 0.4) is 0 Å². The molecule has 0 radical (unpaired) electrons. The molecule has 0 fully saturated rings. The van der Waals surface area contributed by atoms with Crippen molar-refractivity contribution in [2.75, 3.05) is 24.2 Å². The third-order valence-corrected chi connectivity index (χ3v) is 5.27. The summed E-state index contributed by atoms with van der Waals surface area (Å²) in [5.74, 6) is 2.40. The van der Waals surface area contributed by atoms with Crippen molar-refractivity contribution in [3.05, 3.63) is 71.0 Å². The number of fused-ring (bicyclic) bond motifs is 1. The van der Waals surface area contributed by atoms with Gasteiger partial charge in [0.05, 0.1) is 24.7 Å². The topological polar surface area (TPSA) is 147 Å². The molecule has 0 amide bonds. The van der Waals surface area contributed by atoms with Crippen molar-refractivity contribution in [3.63, 3.8) is 0 Å². The number of aromatic nitrogens is 3. The zero-order valence-corrected chi connectivity index (χ0v) is 17.6. The summed E-state index contributed by atoms with van der Waals surface area (Å²) < 4.78 is 5.65. The molecule has 0 spiro atoms. The number of nitrogens with zero attached hydrogens (tertiary/aromatic N) is 4. The molecule has 7 N–H and O–H groups in total. The van der Waals surface area contributed by atoms with Gasteiger partial charge in [-0.15, -0.1) is 0 Å². The first-order valence-electron chi connectivity index (χ1n) is 10.1. The van der Waals surface area contributed by atoms with Crippen LogP contribution in [0.5, 0.6) is 0 Å². The number of hydrogen-bond donors (Lipinski definition) is 4. The fourth-order valence-electron chi connectivity index (χ4n) is 3.70. The third-order valence-electron chi connectivity index (χ3n) is 5.27. The maximum atomic E-state index is 7.67. The van der Waals surface area contributed by atoms with Gasteiger partial charge in [-0.2, -0.15) is 0 Å². The molecule has 3 heterocycles. The van der Waals surface area contributed by atoms with Gasteiger partial charge in [0.1, 0.15) is 35.5 Å². The number of benzene rings is 1. The predicted molar refractivity (Wildman–Crippen MR) is 119 cm³/mol. The van der Waals surface area contributed by atoms with E-state index < -0.39 is 0 Å². The third kappa shape index (κ3) is 4.08. The Kier molecular flexibility index (Phi) is 5.59. The van der Waals surface area contributed by atoms with E-state index in [4.69, 9.17) is 21.0 Å². The Labute approximate surface area is 180 Å². The normalized spacial score (nSPS) is 13.7. The lowest BCUT2D eigenvalue weighted by Crippen LogP contribution is -2.72. The highest BCUT2D eigenvalue weighted by Crippen LogP contribution is 2.25. The van der Waals surface area contributed by atoms with Crippen molar-refractivity contribution in [3.8, 4) is 0 Å². The number of hydrogen-bond acceptors (Lipinski definition) is 7. The van der Waals surface area contributed by atoms with E-state index >= 15 is 0 Å². The molecule has 1 aromatic carbocycles. The van der Waals surface area contributed by atoms with Crippen molar-refractivity contribution in [2.24, 2.45) is 0 Å². The Balaban J connectivity index is 1.63. The Bertz CT molecular complexity index is 1180. The lowest BCUT2D eigenvalue weighted by Gasteiger charge is -2.26. The molecule has 158 valence electrons. The van der Waals surface area contributed by atoms with E-state index in [2.05, 4.69) is 19.9 Å². The summed E-state index contributed by atoms with van der Waals surface area (Å²) in [4.78, 5) is 15.4. The van der Waals surface area contributed by atoms with Gasteiger partial charge in [0.2, 0.25) is 5.71 Å². The Morgan fingerprint density at radius 2 is 2.16 bits per heavy atom. The average molecular weight is 419 g/mol. The lowest BCUT2D eigenvalue weighted by atomic mass is 9.98. The molecular weight excluding hydrogens is 392 g/mol. The SMILES string of the molecule is C[NH2+]/C=C(\C=N)c1ccc(N)c(C(=[NH2+])c2cc(N3CCc4oc(C)nc4C3)ncn2)c1. The van der Waals surface area contributed by atoms with Crippen LogP contribution < -0.4 is 21.4 Å². The average Bonchev–Trinajstić information content (AvgIpc) is 3.16. The van der Waals surface area contributed by atoms with E-state index in [0.717, 1.165) is 41.4 Å². The first-order valence-corrected chi connectivity index (χ1v) is 10.1. The monoisotopic (exact) mass is 418 g/mol. The summed E-state index contributed by atoms with van der Waals surface area (Å²) >= 11 is 0. The maximum absolute atomic E-state index is 7.67. The zero-order chi connectivity index (χ0) is 22.0. The molecule has 0 unspecified atom stereocenters. The van der Waals surface area contributed by atoms with Gasteiger partial charge in [-0.3, -0.25) is 5.41 Å². The summed E-state index contributed by atoms with van der Waals surface area (Å²) in [6, 6.07) is 7.43. The highest BCUT2D eigenvalue weighted by atomic mass is 16.4. The minimum absolute atomic E-state index is 0.461. The lowest BCUT2D eigenvalue weighted by molar-refractivity contribution is -0.555. The summed E-state index contributed by atoms with van der Waals surface area (Å²) in [6.45, 7) is 3.26. The number of oxazole rings is 1. The van der Waals surface area contributed by atoms with Crippen molar-refractivity contribution in [2.45, 2.75) is 19.9 Å². The van der Waals surface area contributed by atoms with Crippen molar-refractivity contribution < 1.29 is 15.1 Å². The van der Waals surface area contributed by atoms with Crippen LogP contribution in [0.4, 0.5) is 11.5 Å². The van der Waals surface area contributed by atoms with E-state index in [1.165, 1.54) is 12.5 Å². The summed E-state index contributed by atoms with van der Waals surface area (Å²) in [6.07, 6.45) is 5.47. The molecule has 9 nitrogen and oxygen atoms in total. The van der Waals surface area contributed by atoms with Gasteiger partial charge in [-0.05, 0) is 17.7 Å². The van der Waals surface area contributed by atoms with E-state index in [-0.39, 0.29) is 0 Å². The summed E-state index contributed by atoms with van der Waals surface area (Å²) in [7, 11) is 1.91. The van der Waals surface area contributed by atoms with Crippen LogP contribution in [-0.2, 0) is 13.0 Å². The molecule has 0 saturated heterocycles. The Hall–Kier alpha value is -3.85. The first-order chi connectivity index (χ1) is 15.0. The molecule has 31 heavy (non-hydrogen) atoms. The Morgan fingerprint density at radius 1 is 1.32 bits per heavy atom. The van der Waals surface area contributed by atoms with E-state index in [1.807, 2.05) is 43.7 Å². The maximum Gasteiger partial charge on any atom is 0.232 e. The highest BCUT2D eigenvalue weighted by Gasteiger charge is 2.24. The quantitative estimate of drug-likeness (QED) is 0.319. The number of nitrogens with one attached hydrogen (secondary N) is 1. The fourth-order valence-corrected chi connectivity index (χ4v) is 3.70.